The second-order valence-electron chi connectivity index (χ2n) is 13.8. The molecule has 4 rings (SSSR count). The van der Waals surface area contributed by atoms with E-state index in [1.54, 1.807) is 0 Å². The van der Waals surface area contributed by atoms with Crippen molar-refractivity contribution < 1.29 is 14.4 Å². The maximum atomic E-state index is 13.3. The first kappa shape index (κ1) is 32.5. The van der Waals surface area contributed by atoms with Gasteiger partial charge in [0.05, 0.1) is 0 Å². The van der Waals surface area contributed by atoms with E-state index in [1.807, 2.05) is 18.2 Å². The summed E-state index contributed by atoms with van der Waals surface area (Å²) in [5.41, 5.74) is 1.92. The molecular weight excluding hydrogens is 522 g/mol. The molecule has 3 saturated carbocycles. The van der Waals surface area contributed by atoms with Crippen LogP contribution in [0.4, 0.5) is 17.1 Å². The molecule has 3 aliphatic rings. The third-order valence-electron chi connectivity index (χ3n) is 10.5. The van der Waals surface area contributed by atoms with Gasteiger partial charge < -0.3 is 16.0 Å². The predicted octanol–water partition coefficient (Wildman–Crippen LogP) is 9.32. The molecule has 0 unspecified atom stereocenters. The van der Waals surface area contributed by atoms with Crippen LogP contribution < -0.4 is 16.0 Å². The average molecular weight is 580 g/mol. The first-order valence-electron chi connectivity index (χ1n) is 17.5. The fraction of sp³-hybridized carbons (Fsp3) is 0.750. The number of amides is 3. The van der Waals surface area contributed by atoms with E-state index in [0.717, 1.165) is 94.8 Å². The number of rotatable bonds is 12. The van der Waals surface area contributed by atoms with E-state index >= 15 is 0 Å². The summed E-state index contributed by atoms with van der Waals surface area (Å²) >= 11 is 0. The van der Waals surface area contributed by atoms with E-state index in [-0.39, 0.29) is 35.5 Å². The number of carbonyl (C=O) groups is 3. The molecule has 0 radical (unpaired) electrons. The van der Waals surface area contributed by atoms with Crippen molar-refractivity contribution >= 4 is 34.8 Å². The Balaban J connectivity index is 1.42. The zero-order valence-electron chi connectivity index (χ0n) is 26.6. The lowest BCUT2D eigenvalue weighted by molar-refractivity contribution is -0.121. The highest BCUT2D eigenvalue weighted by Crippen LogP contribution is 2.36. The Morgan fingerprint density at radius 3 is 0.929 bits per heavy atom. The Morgan fingerprint density at radius 1 is 0.476 bits per heavy atom. The maximum Gasteiger partial charge on any atom is 0.227 e. The quantitative estimate of drug-likeness (QED) is 0.231. The van der Waals surface area contributed by atoms with Crippen molar-refractivity contribution in [2.75, 3.05) is 16.0 Å². The molecule has 3 N–H and O–H groups in total. The Kier molecular flexibility index (Phi) is 12.8. The van der Waals surface area contributed by atoms with Gasteiger partial charge in [0.15, 0.2) is 0 Å². The lowest BCUT2D eigenvalue weighted by Gasteiger charge is -2.28. The van der Waals surface area contributed by atoms with E-state index in [0.29, 0.717) is 17.1 Å². The highest BCUT2D eigenvalue weighted by Gasteiger charge is 2.29. The Labute approximate surface area is 254 Å². The minimum Gasteiger partial charge on any atom is -0.326 e. The monoisotopic (exact) mass is 579 g/mol. The largest absolute Gasteiger partial charge is 0.326 e. The van der Waals surface area contributed by atoms with Crippen LogP contribution in [0.25, 0.3) is 0 Å². The van der Waals surface area contributed by atoms with Gasteiger partial charge in [0.25, 0.3) is 0 Å². The highest BCUT2D eigenvalue weighted by molar-refractivity contribution is 5.99. The van der Waals surface area contributed by atoms with E-state index in [2.05, 4.69) is 36.7 Å². The van der Waals surface area contributed by atoms with Crippen molar-refractivity contribution in [2.45, 2.75) is 136 Å². The van der Waals surface area contributed by atoms with Crippen LogP contribution in [-0.4, -0.2) is 17.7 Å². The van der Waals surface area contributed by atoms with E-state index < -0.39 is 0 Å². The molecule has 0 heterocycles. The third-order valence-corrected chi connectivity index (χ3v) is 10.5. The highest BCUT2D eigenvalue weighted by atomic mass is 16.2. The van der Waals surface area contributed by atoms with Gasteiger partial charge >= 0.3 is 0 Å². The van der Waals surface area contributed by atoms with Crippen molar-refractivity contribution in [1.29, 1.82) is 0 Å². The van der Waals surface area contributed by atoms with Gasteiger partial charge in [0.1, 0.15) is 0 Å². The Hall–Kier alpha value is -2.37. The molecule has 0 aromatic heterocycles. The van der Waals surface area contributed by atoms with Gasteiger partial charge in [-0.3, -0.25) is 14.4 Å². The zero-order chi connectivity index (χ0) is 29.9. The summed E-state index contributed by atoms with van der Waals surface area (Å²) in [4.78, 5) is 39.8. The molecule has 0 atom stereocenters. The molecule has 3 aliphatic carbocycles. The fourth-order valence-corrected chi connectivity index (χ4v) is 7.94. The Morgan fingerprint density at radius 2 is 0.714 bits per heavy atom. The first-order chi connectivity index (χ1) is 20.4. The van der Waals surface area contributed by atoms with Crippen LogP contribution in [-0.2, 0) is 14.4 Å². The molecule has 42 heavy (non-hydrogen) atoms. The van der Waals surface area contributed by atoms with Crippen LogP contribution in [0.2, 0.25) is 0 Å². The smallest absolute Gasteiger partial charge is 0.227 e. The van der Waals surface area contributed by atoms with Gasteiger partial charge in [-0.2, -0.15) is 0 Å². The van der Waals surface area contributed by atoms with Gasteiger partial charge in [-0.15, -0.1) is 0 Å². The molecule has 3 fully saturated rings. The normalized spacial score (nSPS) is 28.1. The molecule has 0 spiro atoms. The van der Waals surface area contributed by atoms with Crippen molar-refractivity contribution in [3.8, 4) is 0 Å². The van der Waals surface area contributed by atoms with Gasteiger partial charge in [-0.05, 0) is 113 Å². The standard InChI is InChI=1S/C36H57N3O3/c1-4-7-25-10-16-28(17-11-25)34(40)37-31-22-32(38-35(41)29-18-12-26(8-5-2)13-19-29)24-33(23-31)39-36(42)30-20-14-27(9-6-3)15-21-30/h22-30H,4-21H2,1-3H3,(H,37,40)(H,38,41)(H,39,42)/t25-,26-,27-,28+,29+,30+. The molecule has 1 aromatic carbocycles. The molecule has 1 aromatic rings. The minimum absolute atomic E-state index is 0.0194. The molecule has 6 heteroatoms. The van der Waals surface area contributed by atoms with Crippen molar-refractivity contribution in [3.05, 3.63) is 18.2 Å². The van der Waals surface area contributed by atoms with E-state index in [1.165, 1.54) is 38.5 Å². The van der Waals surface area contributed by atoms with Crippen LogP contribution in [0.15, 0.2) is 18.2 Å². The lowest BCUT2D eigenvalue weighted by Crippen LogP contribution is -2.29. The second-order valence-corrected chi connectivity index (χ2v) is 13.8. The molecule has 0 saturated heterocycles. The first-order valence-corrected chi connectivity index (χ1v) is 17.5. The summed E-state index contributed by atoms with van der Waals surface area (Å²) in [6.07, 6.45) is 19.6. The maximum absolute atomic E-state index is 13.3. The van der Waals surface area contributed by atoms with Gasteiger partial charge in [-0.25, -0.2) is 0 Å². The summed E-state index contributed by atoms with van der Waals surface area (Å²) in [6, 6.07) is 5.56. The third kappa shape index (κ3) is 9.57. The van der Waals surface area contributed by atoms with Crippen LogP contribution >= 0.6 is 0 Å². The van der Waals surface area contributed by atoms with Gasteiger partial charge in [-0.1, -0.05) is 59.3 Å². The minimum atomic E-state index is 0.0194. The average Bonchev–Trinajstić information content (AvgIpc) is 2.98. The van der Waals surface area contributed by atoms with E-state index in [9.17, 15) is 14.4 Å². The number of hydrogen-bond acceptors (Lipinski definition) is 3. The van der Waals surface area contributed by atoms with Crippen molar-refractivity contribution in [1.82, 2.24) is 0 Å². The van der Waals surface area contributed by atoms with Crippen molar-refractivity contribution in [3.63, 3.8) is 0 Å². The van der Waals surface area contributed by atoms with Crippen LogP contribution in [0, 0.1) is 35.5 Å². The summed E-state index contributed by atoms with van der Waals surface area (Å²) < 4.78 is 0. The van der Waals surface area contributed by atoms with Gasteiger partial charge in [0, 0.05) is 34.8 Å². The lowest BCUT2D eigenvalue weighted by atomic mass is 9.79. The number of hydrogen-bond donors (Lipinski definition) is 3. The summed E-state index contributed by atoms with van der Waals surface area (Å²) in [7, 11) is 0. The molecular formula is C36H57N3O3. The molecule has 6 nitrogen and oxygen atoms in total. The SMILES string of the molecule is CCC[C@H]1CC[C@@H](C(=O)Nc2cc(NC(=O)[C@H]3CC[C@@H](CCC)CC3)cc(NC(=O)[C@H]3CC[C@@H](CCC)CC3)c2)CC1. The van der Waals surface area contributed by atoms with Crippen LogP contribution in [0.1, 0.15) is 136 Å². The van der Waals surface area contributed by atoms with Gasteiger partial charge in [0.2, 0.25) is 17.7 Å². The molecule has 0 bridgehead atoms. The second kappa shape index (κ2) is 16.5. The molecule has 3 amide bonds. The summed E-state index contributed by atoms with van der Waals surface area (Å²) in [6.45, 7) is 6.70. The topological polar surface area (TPSA) is 87.3 Å². The predicted molar refractivity (Wildman–Crippen MR) is 173 cm³/mol. The van der Waals surface area contributed by atoms with Crippen LogP contribution in [0.3, 0.4) is 0 Å². The molecule has 0 aliphatic heterocycles. The number of benzene rings is 1. The van der Waals surface area contributed by atoms with Crippen molar-refractivity contribution in [2.24, 2.45) is 35.5 Å². The number of carbonyl (C=O) groups excluding carboxylic acids is 3. The number of anilines is 3. The zero-order valence-corrected chi connectivity index (χ0v) is 26.6. The fourth-order valence-electron chi connectivity index (χ4n) is 7.94. The van der Waals surface area contributed by atoms with E-state index in [4.69, 9.17) is 0 Å². The summed E-state index contributed by atoms with van der Waals surface area (Å²) in [5.74, 6) is 2.44. The summed E-state index contributed by atoms with van der Waals surface area (Å²) in [5, 5.41) is 9.43. The Bertz CT molecular complexity index is 875. The molecule has 234 valence electrons. The van der Waals surface area contributed by atoms with Crippen LogP contribution in [0.5, 0.6) is 0 Å². The number of nitrogens with one attached hydrogen (secondary N) is 3.